The average molecular weight is 656 g/mol. The SMILES string of the molecule is Cc1c([N-]c2ccccc2-c2ccccc2)ccc(-n2c3c(c4ccccc42)CCC=C3)c1-c1nc(-c2ccccc2)cc(-c2ccccc2)n1. The number of nitrogens with zero attached hydrogens (tertiary/aromatic N) is 4. The minimum atomic E-state index is 0.669. The van der Waals surface area contributed by atoms with Crippen LogP contribution in [0.25, 0.3) is 73.0 Å². The van der Waals surface area contributed by atoms with Crippen LogP contribution in [-0.2, 0) is 6.42 Å². The number of aromatic nitrogens is 3. The molecule has 51 heavy (non-hydrogen) atoms. The van der Waals surface area contributed by atoms with Gasteiger partial charge < -0.3 is 9.88 Å². The van der Waals surface area contributed by atoms with Crippen molar-refractivity contribution in [1.82, 2.24) is 14.5 Å². The lowest BCUT2D eigenvalue weighted by molar-refractivity contribution is 0.966. The first kappa shape index (κ1) is 30.5. The van der Waals surface area contributed by atoms with Crippen molar-refractivity contribution < 1.29 is 0 Å². The standard InChI is InChI=1S/C47H35N4/c1-32-39(48-40-26-14-11-23-36(40)33-17-5-2-6-18-33)29-30-45(51-43-27-15-12-24-37(43)38-25-13-16-28-44(38)51)46(32)47-49-41(34-19-7-3-8-20-34)31-42(50-47)35-21-9-4-10-22-35/h2-12,14-24,26-31H,13,25H2,1H3/q-1. The summed E-state index contributed by atoms with van der Waals surface area (Å²) in [6.07, 6.45) is 6.61. The number of hydrogen-bond donors (Lipinski definition) is 0. The van der Waals surface area contributed by atoms with E-state index in [1.165, 1.54) is 22.2 Å². The Morgan fingerprint density at radius 3 is 1.90 bits per heavy atom. The van der Waals surface area contributed by atoms with E-state index in [-0.39, 0.29) is 0 Å². The summed E-state index contributed by atoms with van der Waals surface area (Å²) < 4.78 is 2.41. The lowest BCUT2D eigenvalue weighted by Gasteiger charge is -2.30. The summed E-state index contributed by atoms with van der Waals surface area (Å²) >= 11 is 0. The molecule has 244 valence electrons. The summed E-state index contributed by atoms with van der Waals surface area (Å²) in [6.45, 7) is 2.16. The molecule has 1 aliphatic rings. The van der Waals surface area contributed by atoms with Crippen LogP contribution in [0.5, 0.6) is 0 Å². The Morgan fingerprint density at radius 2 is 1.20 bits per heavy atom. The van der Waals surface area contributed by atoms with Gasteiger partial charge in [0.1, 0.15) is 0 Å². The average Bonchev–Trinajstić information content (AvgIpc) is 3.54. The Labute approximate surface area is 298 Å². The van der Waals surface area contributed by atoms with Crippen LogP contribution in [0.15, 0.2) is 164 Å². The molecule has 0 amide bonds. The van der Waals surface area contributed by atoms with Gasteiger partial charge in [0.05, 0.1) is 22.6 Å². The van der Waals surface area contributed by atoms with Gasteiger partial charge in [-0.2, -0.15) is 0 Å². The quantitative estimate of drug-likeness (QED) is 0.171. The molecule has 2 heterocycles. The molecule has 6 aromatic carbocycles. The van der Waals surface area contributed by atoms with Gasteiger partial charge in [0, 0.05) is 27.8 Å². The summed E-state index contributed by atoms with van der Waals surface area (Å²) in [7, 11) is 0. The highest BCUT2D eigenvalue weighted by Gasteiger charge is 2.23. The molecule has 0 atom stereocenters. The molecule has 0 N–H and O–H groups in total. The van der Waals surface area contributed by atoms with Gasteiger partial charge in [0.25, 0.3) is 0 Å². The molecular weight excluding hydrogens is 621 g/mol. The van der Waals surface area contributed by atoms with E-state index in [4.69, 9.17) is 15.3 Å². The third kappa shape index (κ3) is 5.61. The second-order valence-electron chi connectivity index (χ2n) is 13.0. The first-order valence-electron chi connectivity index (χ1n) is 17.5. The minimum absolute atomic E-state index is 0.669. The fraction of sp³-hybridized carbons (Fsp3) is 0.0638. The molecule has 0 aliphatic heterocycles. The van der Waals surface area contributed by atoms with Crippen LogP contribution < -0.4 is 0 Å². The maximum absolute atomic E-state index is 5.36. The number of benzene rings is 6. The van der Waals surface area contributed by atoms with E-state index in [9.17, 15) is 0 Å². The molecule has 4 nitrogen and oxygen atoms in total. The van der Waals surface area contributed by atoms with Crippen molar-refractivity contribution in [3.05, 3.63) is 186 Å². The molecule has 0 saturated carbocycles. The Kier molecular flexibility index (Phi) is 7.82. The van der Waals surface area contributed by atoms with Gasteiger partial charge in [0.2, 0.25) is 0 Å². The first-order valence-corrected chi connectivity index (χ1v) is 17.5. The largest absolute Gasteiger partial charge is 0.657 e. The van der Waals surface area contributed by atoms with E-state index < -0.39 is 0 Å². The van der Waals surface area contributed by atoms with Crippen LogP contribution in [0, 0.1) is 6.92 Å². The summed E-state index contributed by atoms with van der Waals surface area (Å²) in [5.74, 6) is 0.669. The molecule has 0 fully saturated rings. The molecule has 0 unspecified atom stereocenters. The zero-order chi connectivity index (χ0) is 34.1. The van der Waals surface area contributed by atoms with Crippen LogP contribution in [0.3, 0.4) is 0 Å². The third-order valence-corrected chi connectivity index (χ3v) is 9.83. The maximum Gasteiger partial charge on any atom is 0.162 e. The van der Waals surface area contributed by atoms with Crippen molar-refractivity contribution in [3.63, 3.8) is 0 Å². The summed E-state index contributed by atoms with van der Waals surface area (Å²) in [6, 6.07) is 54.8. The smallest absolute Gasteiger partial charge is 0.162 e. The fourth-order valence-electron chi connectivity index (χ4n) is 7.36. The van der Waals surface area contributed by atoms with Gasteiger partial charge in [-0.15, -0.1) is 11.4 Å². The number of rotatable bonds is 7. The van der Waals surface area contributed by atoms with Gasteiger partial charge in [0.15, 0.2) is 5.82 Å². The van der Waals surface area contributed by atoms with Gasteiger partial charge in [-0.3, -0.25) is 0 Å². The predicted molar refractivity (Wildman–Crippen MR) is 212 cm³/mol. The van der Waals surface area contributed by atoms with Crippen molar-refractivity contribution in [2.45, 2.75) is 19.8 Å². The normalized spacial score (nSPS) is 12.2. The number of para-hydroxylation sites is 2. The van der Waals surface area contributed by atoms with E-state index in [2.05, 4.69) is 163 Å². The second kappa shape index (κ2) is 13.1. The van der Waals surface area contributed by atoms with E-state index in [1.54, 1.807) is 0 Å². The van der Waals surface area contributed by atoms with Crippen LogP contribution in [0.2, 0.25) is 0 Å². The second-order valence-corrected chi connectivity index (χ2v) is 13.0. The molecule has 0 radical (unpaired) electrons. The molecule has 8 aromatic rings. The van der Waals surface area contributed by atoms with Gasteiger partial charge >= 0.3 is 0 Å². The lowest BCUT2D eigenvalue weighted by Crippen LogP contribution is -2.06. The third-order valence-electron chi connectivity index (χ3n) is 9.83. The number of aryl methyl sites for hydroxylation is 1. The van der Waals surface area contributed by atoms with E-state index in [0.29, 0.717) is 5.82 Å². The molecule has 0 spiro atoms. The maximum atomic E-state index is 5.36. The fourth-order valence-corrected chi connectivity index (χ4v) is 7.36. The van der Waals surface area contributed by atoms with Crippen molar-refractivity contribution >= 4 is 28.4 Å². The molecule has 1 aliphatic carbocycles. The Balaban J connectivity index is 1.32. The minimum Gasteiger partial charge on any atom is -0.657 e. The van der Waals surface area contributed by atoms with E-state index in [0.717, 1.165) is 74.7 Å². The molecule has 9 rings (SSSR count). The Hall–Kier alpha value is -6.52. The van der Waals surface area contributed by atoms with Crippen molar-refractivity contribution in [1.29, 1.82) is 0 Å². The van der Waals surface area contributed by atoms with Gasteiger partial charge in [-0.1, -0.05) is 151 Å². The van der Waals surface area contributed by atoms with E-state index >= 15 is 0 Å². The monoisotopic (exact) mass is 655 g/mol. The zero-order valence-electron chi connectivity index (χ0n) is 28.4. The van der Waals surface area contributed by atoms with Crippen molar-refractivity contribution in [2.24, 2.45) is 0 Å². The molecular formula is C47H35N4-. The predicted octanol–water partition coefficient (Wildman–Crippen LogP) is 12.7. The lowest BCUT2D eigenvalue weighted by atomic mass is 9.99. The summed E-state index contributed by atoms with van der Waals surface area (Å²) in [5, 5.41) is 6.64. The summed E-state index contributed by atoms with van der Waals surface area (Å²) in [4.78, 5) is 10.7. The highest BCUT2D eigenvalue weighted by molar-refractivity contribution is 5.94. The van der Waals surface area contributed by atoms with Crippen molar-refractivity contribution in [2.75, 3.05) is 0 Å². The van der Waals surface area contributed by atoms with Gasteiger partial charge in [-0.05, 0) is 60.7 Å². The first-order chi connectivity index (χ1) is 25.2. The van der Waals surface area contributed by atoms with E-state index in [1.807, 2.05) is 18.2 Å². The van der Waals surface area contributed by atoms with Crippen LogP contribution in [-0.4, -0.2) is 14.5 Å². The number of allylic oxidation sites excluding steroid dienone is 1. The molecule has 0 bridgehead atoms. The van der Waals surface area contributed by atoms with Gasteiger partial charge in [-0.25, -0.2) is 9.97 Å². The highest BCUT2D eigenvalue weighted by Crippen LogP contribution is 2.45. The Bertz CT molecular complexity index is 2490. The summed E-state index contributed by atoms with van der Waals surface area (Å²) in [5.41, 5.74) is 14.7. The van der Waals surface area contributed by atoms with Crippen LogP contribution in [0.1, 0.15) is 23.2 Å². The molecule has 4 heteroatoms. The topological polar surface area (TPSA) is 44.8 Å². The van der Waals surface area contributed by atoms with Crippen LogP contribution in [0.4, 0.5) is 11.4 Å². The van der Waals surface area contributed by atoms with Crippen molar-refractivity contribution in [3.8, 4) is 50.7 Å². The highest BCUT2D eigenvalue weighted by atomic mass is 15.0. The van der Waals surface area contributed by atoms with Crippen LogP contribution >= 0.6 is 0 Å². The number of fused-ring (bicyclic) bond motifs is 3. The number of hydrogen-bond acceptors (Lipinski definition) is 2. The Morgan fingerprint density at radius 1 is 0.588 bits per heavy atom. The zero-order valence-corrected chi connectivity index (χ0v) is 28.4. The molecule has 0 saturated heterocycles. The molecule has 2 aromatic heterocycles.